The summed E-state index contributed by atoms with van der Waals surface area (Å²) in [6.45, 7) is 1.93. The Labute approximate surface area is 170 Å². The number of carbonyl (C=O) groups excluding carboxylic acids is 1. The molecule has 0 radical (unpaired) electrons. The third kappa shape index (κ3) is 4.97. The van der Waals surface area contributed by atoms with Crippen molar-refractivity contribution in [2.45, 2.75) is 25.5 Å². The summed E-state index contributed by atoms with van der Waals surface area (Å²) in [5, 5.41) is 2.90. The molecule has 0 aliphatic carbocycles. The van der Waals surface area contributed by atoms with Crippen LogP contribution in [0.25, 0.3) is 0 Å². The highest BCUT2D eigenvalue weighted by atomic mass is 16.5. The molecule has 1 aliphatic rings. The third-order valence-corrected chi connectivity index (χ3v) is 4.91. The normalized spacial score (nSPS) is 15.8. The third-order valence-electron chi connectivity index (χ3n) is 4.91. The molecule has 1 atom stereocenters. The number of hydrogen-bond acceptors (Lipinski definition) is 5. The fraction of sp³-hybridized carbons (Fsp3) is 0.261. The molecule has 1 aliphatic heterocycles. The smallest absolute Gasteiger partial charge is 0.254 e. The van der Waals surface area contributed by atoms with E-state index < -0.39 is 0 Å². The predicted octanol–water partition coefficient (Wildman–Crippen LogP) is 3.72. The van der Waals surface area contributed by atoms with Gasteiger partial charge < -0.3 is 15.0 Å². The highest BCUT2D eigenvalue weighted by molar-refractivity contribution is 5.93. The summed E-state index contributed by atoms with van der Waals surface area (Å²) in [5.41, 5.74) is 2.59. The topological polar surface area (TPSA) is 67.3 Å². The molecule has 2 heterocycles. The summed E-state index contributed by atoms with van der Waals surface area (Å²) in [6, 6.07) is 20.2. The molecule has 0 saturated carbocycles. The molecule has 1 unspecified atom stereocenters. The molecule has 4 rings (SSSR count). The summed E-state index contributed by atoms with van der Waals surface area (Å²) >= 11 is 0. The van der Waals surface area contributed by atoms with Gasteiger partial charge in [0.1, 0.15) is 0 Å². The van der Waals surface area contributed by atoms with Crippen molar-refractivity contribution in [3.8, 4) is 0 Å². The van der Waals surface area contributed by atoms with Crippen LogP contribution in [0.3, 0.4) is 0 Å². The van der Waals surface area contributed by atoms with Gasteiger partial charge in [0.2, 0.25) is 5.95 Å². The lowest BCUT2D eigenvalue weighted by atomic mass is 10.2. The summed E-state index contributed by atoms with van der Waals surface area (Å²) in [6.07, 6.45) is 5.30. The Balaban J connectivity index is 1.49. The lowest BCUT2D eigenvalue weighted by Gasteiger charge is -2.23. The van der Waals surface area contributed by atoms with Crippen LogP contribution in [-0.4, -0.2) is 35.1 Å². The van der Waals surface area contributed by atoms with E-state index >= 15 is 0 Å². The molecule has 1 fully saturated rings. The zero-order chi connectivity index (χ0) is 19.9. The molecule has 3 aromatic rings. The number of amides is 1. The quantitative estimate of drug-likeness (QED) is 0.668. The van der Waals surface area contributed by atoms with E-state index in [0.29, 0.717) is 24.6 Å². The van der Waals surface area contributed by atoms with Crippen molar-refractivity contribution in [2.75, 3.05) is 18.1 Å². The zero-order valence-corrected chi connectivity index (χ0v) is 16.2. The number of aromatic nitrogens is 2. The first-order valence-corrected chi connectivity index (χ1v) is 9.88. The number of para-hydroxylation sites is 1. The van der Waals surface area contributed by atoms with Gasteiger partial charge in [0.25, 0.3) is 5.91 Å². The Morgan fingerprint density at radius 1 is 1.03 bits per heavy atom. The van der Waals surface area contributed by atoms with E-state index in [1.165, 1.54) is 0 Å². The highest BCUT2D eigenvalue weighted by Crippen LogP contribution is 2.24. The van der Waals surface area contributed by atoms with Crippen molar-refractivity contribution in [3.05, 3.63) is 84.2 Å². The van der Waals surface area contributed by atoms with Gasteiger partial charge in [-0.25, -0.2) is 9.97 Å². The van der Waals surface area contributed by atoms with Crippen LogP contribution < -0.4 is 10.2 Å². The number of carbonyl (C=O) groups is 1. The molecule has 0 bridgehead atoms. The first kappa shape index (κ1) is 19.1. The van der Waals surface area contributed by atoms with Crippen molar-refractivity contribution < 1.29 is 9.53 Å². The molecule has 6 heteroatoms. The maximum absolute atomic E-state index is 12.4. The largest absolute Gasteiger partial charge is 0.376 e. The number of anilines is 2. The summed E-state index contributed by atoms with van der Waals surface area (Å²) < 4.78 is 5.54. The Morgan fingerprint density at radius 2 is 1.72 bits per heavy atom. The number of nitrogens with zero attached hydrogens (tertiary/aromatic N) is 3. The number of ether oxygens (including phenoxy) is 1. The van der Waals surface area contributed by atoms with E-state index in [4.69, 9.17) is 4.74 Å². The van der Waals surface area contributed by atoms with Gasteiger partial charge in [-0.3, -0.25) is 4.79 Å². The molecule has 6 nitrogen and oxygen atoms in total. The van der Waals surface area contributed by atoms with Crippen molar-refractivity contribution >= 4 is 17.5 Å². The molecule has 1 saturated heterocycles. The minimum Gasteiger partial charge on any atom is -0.376 e. The van der Waals surface area contributed by atoms with E-state index in [2.05, 4.69) is 27.4 Å². The van der Waals surface area contributed by atoms with Crippen LogP contribution in [-0.2, 0) is 11.3 Å². The van der Waals surface area contributed by atoms with Crippen LogP contribution in [0.1, 0.15) is 28.8 Å². The summed E-state index contributed by atoms with van der Waals surface area (Å²) in [5.74, 6) is 0.372. The zero-order valence-electron chi connectivity index (χ0n) is 16.2. The van der Waals surface area contributed by atoms with Gasteiger partial charge in [0.15, 0.2) is 0 Å². The number of hydrogen-bond donors (Lipinski definition) is 1. The molecular formula is C23H24N4O2. The monoisotopic (exact) mass is 388 g/mol. The minimum absolute atomic E-state index is 0.110. The fourth-order valence-corrected chi connectivity index (χ4v) is 3.34. The van der Waals surface area contributed by atoms with Crippen LogP contribution >= 0.6 is 0 Å². The van der Waals surface area contributed by atoms with Gasteiger partial charge in [0, 0.05) is 31.2 Å². The summed E-state index contributed by atoms with van der Waals surface area (Å²) in [7, 11) is 0. The lowest BCUT2D eigenvalue weighted by Crippen LogP contribution is -2.32. The molecule has 0 spiro atoms. The van der Waals surface area contributed by atoms with Gasteiger partial charge >= 0.3 is 0 Å². The minimum atomic E-state index is -0.179. The lowest BCUT2D eigenvalue weighted by molar-refractivity contribution is 0.0857. The molecule has 2 aromatic carbocycles. The second-order valence-corrected chi connectivity index (χ2v) is 7.02. The standard InChI is InChI=1S/C23H24N4O2/c28-22(24-16-21-12-7-13-29-21)19-14-25-23(26-15-19)27(20-10-5-2-6-11-20)17-18-8-3-1-4-9-18/h1-6,8-11,14-15,21H,7,12-13,16-17H2,(H,24,28). The van der Waals surface area contributed by atoms with E-state index in [9.17, 15) is 4.79 Å². The second-order valence-electron chi connectivity index (χ2n) is 7.02. The van der Waals surface area contributed by atoms with Gasteiger partial charge in [0.05, 0.1) is 18.2 Å². The van der Waals surface area contributed by atoms with Crippen molar-refractivity contribution in [3.63, 3.8) is 0 Å². The van der Waals surface area contributed by atoms with Crippen molar-refractivity contribution in [1.82, 2.24) is 15.3 Å². The van der Waals surface area contributed by atoms with Crippen molar-refractivity contribution in [1.29, 1.82) is 0 Å². The molecule has 1 amide bonds. The van der Waals surface area contributed by atoms with E-state index in [0.717, 1.165) is 30.7 Å². The second kappa shape index (κ2) is 9.30. The molecule has 1 N–H and O–H groups in total. The van der Waals surface area contributed by atoms with Crippen LogP contribution in [0.15, 0.2) is 73.1 Å². The van der Waals surface area contributed by atoms with Crippen LogP contribution in [0, 0.1) is 0 Å². The van der Waals surface area contributed by atoms with Crippen LogP contribution in [0.5, 0.6) is 0 Å². The maximum atomic E-state index is 12.4. The van der Waals surface area contributed by atoms with Crippen LogP contribution in [0.2, 0.25) is 0 Å². The first-order chi connectivity index (χ1) is 14.3. The molecule has 1 aromatic heterocycles. The highest BCUT2D eigenvalue weighted by Gasteiger charge is 2.18. The van der Waals surface area contributed by atoms with Gasteiger partial charge in [-0.1, -0.05) is 48.5 Å². The van der Waals surface area contributed by atoms with E-state index in [1.54, 1.807) is 12.4 Å². The molecular weight excluding hydrogens is 364 g/mol. The average Bonchev–Trinajstić information content (AvgIpc) is 3.31. The van der Waals surface area contributed by atoms with E-state index in [-0.39, 0.29) is 12.0 Å². The Hall–Kier alpha value is -3.25. The fourth-order valence-electron chi connectivity index (χ4n) is 3.34. The number of nitrogens with one attached hydrogen (secondary N) is 1. The maximum Gasteiger partial charge on any atom is 0.254 e. The Kier molecular flexibility index (Phi) is 6.12. The van der Waals surface area contributed by atoms with Crippen molar-refractivity contribution in [2.24, 2.45) is 0 Å². The Morgan fingerprint density at radius 3 is 2.38 bits per heavy atom. The van der Waals surface area contributed by atoms with Crippen LogP contribution in [0.4, 0.5) is 11.6 Å². The van der Waals surface area contributed by atoms with Gasteiger partial charge in [-0.05, 0) is 30.5 Å². The number of rotatable bonds is 7. The van der Waals surface area contributed by atoms with Gasteiger partial charge in [-0.15, -0.1) is 0 Å². The van der Waals surface area contributed by atoms with E-state index in [1.807, 2.05) is 53.4 Å². The first-order valence-electron chi connectivity index (χ1n) is 9.88. The SMILES string of the molecule is O=C(NCC1CCCO1)c1cnc(N(Cc2ccccc2)c2ccccc2)nc1. The van der Waals surface area contributed by atoms with Gasteiger partial charge in [-0.2, -0.15) is 0 Å². The predicted molar refractivity (Wildman–Crippen MR) is 112 cm³/mol. The molecule has 148 valence electrons. The number of benzene rings is 2. The Bertz CT molecular complexity index is 911. The average molecular weight is 388 g/mol. The summed E-state index contributed by atoms with van der Waals surface area (Å²) in [4.78, 5) is 23.4. The molecule has 29 heavy (non-hydrogen) atoms.